The summed E-state index contributed by atoms with van der Waals surface area (Å²) < 4.78 is 4.56. The van der Waals surface area contributed by atoms with E-state index in [2.05, 4.69) is 4.74 Å². The number of rotatable bonds is 5. The van der Waals surface area contributed by atoms with E-state index in [0.29, 0.717) is 0 Å². The normalized spacial score (nSPS) is 10.9. The Hall–Kier alpha value is -2.16. The molecular weight excluding hydrogens is 216 g/mol. The predicted octanol–water partition coefficient (Wildman–Crippen LogP) is 2.39. The van der Waals surface area contributed by atoms with Gasteiger partial charge in [0.2, 0.25) is 0 Å². The highest BCUT2D eigenvalue weighted by molar-refractivity contribution is 6.38. The van der Waals surface area contributed by atoms with Gasteiger partial charge in [0.25, 0.3) is 5.78 Å². The number of benzene rings is 1. The molecule has 3 nitrogen and oxygen atoms in total. The van der Waals surface area contributed by atoms with Crippen molar-refractivity contribution in [1.29, 1.82) is 0 Å². The van der Waals surface area contributed by atoms with Crippen molar-refractivity contribution in [2.45, 2.75) is 6.92 Å². The highest BCUT2D eigenvalue weighted by Gasteiger charge is 2.09. The molecule has 0 fully saturated rings. The molecule has 1 rings (SSSR count). The molecular formula is C14H14O3. The molecule has 0 atom stereocenters. The SMILES string of the molecule is CCOC(=O)C(=O)/C=C/C=C/c1ccccc1. The van der Waals surface area contributed by atoms with E-state index in [9.17, 15) is 9.59 Å². The Morgan fingerprint density at radius 1 is 1.18 bits per heavy atom. The standard InChI is InChI=1S/C14H14O3/c1-2-17-14(16)13(15)11-7-6-10-12-8-4-3-5-9-12/h3-11H,2H2,1H3/b10-6+,11-7+. The molecule has 0 saturated carbocycles. The van der Waals surface area contributed by atoms with Gasteiger partial charge >= 0.3 is 5.97 Å². The second-order valence-electron chi connectivity index (χ2n) is 3.21. The fraction of sp³-hybridized carbons (Fsp3) is 0.143. The Bertz CT molecular complexity index is 430. The summed E-state index contributed by atoms with van der Waals surface area (Å²) in [7, 11) is 0. The molecule has 0 N–H and O–H groups in total. The van der Waals surface area contributed by atoms with Gasteiger partial charge in [-0.25, -0.2) is 4.79 Å². The fourth-order valence-electron chi connectivity index (χ4n) is 1.14. The molecule has 0 heterocycles. The maximum Gasteiger partial charge on any atom is 0.379 e. The van der Waals surface area contributed by atoms with E-state index >= 15 is 0 Å². The molecule has 0 bridgehead atoms. The molecule has 0 aliphatic heterocycles. The molecule has 88 valence electrons. The van der Waals surface area contributed by atoms with E-state index in [0.717, 1.165) is 5.56 Å². The van der Waals surface area contributed by atoms with Gasteiger partial charge in [0.05, 0.1) is 6.61 Å². The molecule has 1 aromatic carbocycles. The van der Waals surface area contributed by atoms with E-state index in [4.69, 9.17) is 0 Å². The van der Waals surface area contributed by atoms with E-state index < -0.39 is 11.8 Å². The second-order valence-corrected chi connectivity index (χ2v) is 3.21. The maximum atomic E-state index is 11.1. The van der Waals surface area contributed by atoms with Gasteiger partial charge in [-0.15, -0.1) is 0 Å². The first-order chi connectivity index (χ1) is 8.24. The molecule has 0 saturated heterocycles. The lowest BCUT2D eigenvalue weighted by molar-refractivity contribution is -0.151. The minimum Gasteiger partial charge on any atom is -0.460 e. The zero-order valence-corrected chi connectivity index (χ0v) is 9.63. The van der Waals surface area contributed by atoms with Crippen LogP contribution in [0.25, 0.3) is 6.08 Å². The van der Waals surface area contributed by atoms with Gasteiger partial charge < -0.3 is 4.74 Å². The van der Waals surface area contributed by atoms with Crippen LogP contribution in [0, 0.1) is 0 Å². The Morgan fingerprint density at radius 3 is 2.53 bits per heavy atom. The van der Waals surface area contributed by atoms with Gasteiger partial charge in [0.1, 0.15) is 0 Å². The van der Waals surface area contributed by atoms with Crippen molar-refractivity contribution in [3.63, 3.8) is 0 Å². The van der Waals surface area contributed by atoms with E-state index in [1.807, 2.05) is 36.4 Å². The highest BCUT2D eigenvalue weighted by Crippen LogP contribution is 2.00. The van der Waals surface area contributed by atoms with Gasteiger partial charge in [-0.1, -0.05) is 48.6 Å². The third-order valence-corrected chi connectivity index (χ3v) is 1.92. The third-order valence-electron chi connectivity index (χ3n) is 1.92. The van der Waals surface area contributed by atoms with Crippen LogP contribution in [0.1, 0.15) is 12.5 Å². The van der Waals surface area contributed by atoms with E-state index in [-0.39, 0.29) is 6.61 Å². The highest BCUT2D eigenvalue weighted by atomic mass is 16.5. The average molecular weight is 230 g/mol. The molecule has 0 aromatic heterocycles. The lowest BCUT2D eigenvalue weighted by atomic mass is 10.2. The quantitative estimate of drug-likeness (QED) is 0.337. The summed E-state index contributed by atoms with van der Waals surface area (Å²) in [6.45, 7) is 1.86. The fourth-order valence-corrected chi connectivity index (χ4v) is 1.14. The van der Waals surface area contributed by atoms with Crippen molar-refractivity contribution in [2.24, 2.45) is 0 Å². The second kappa shape index (κ2) is 7.17. The summed E-state index contributed by atoms with van der Waals surface area (Å²) in [5.41, 5.74) is 1.03. The number of allylic oxidation sites excluding steroid dienone is 2. The smallest absolute Gasteiger partial charge is 0.379 e. The zero-order chi connectivity index (χ0) is 12.5. The first kappa shape index (κ1) is 12.9. The van der Waals surface area contributed by atoms with E-state index in [1.165, 1.54) is 12.2 Å². The number of esters is 1. The predicted molar refractivity (Wildman–Crippen MR) is 66.3 cm³/mol. The summed E-state index contributed by atoms with van der Waals surface area (Å²) in [6.07, 6.45) is 6.26. The Balaban J connectivity index is 2.48. The molecule has 3 heteroatoms. The van der Waals surface area contributed by atoms with Crippen LogP contribution in [0.3, 0.4) is 0 Å². The number of hydrogen-bond donors (Lipinski definition) is 0. The number of ether oxygens (including phenoxy) is 1. The van der Waals surface area contributed by atoms with Crippen molar-refractivity contribution < 1.29 is 14.3 Å². The topological polar surface area (TPSA) is 43.4 Å². The van der Waals surface area contributed by atoms with Crippen molar-refractivity contribution in [3.05, 3.63) is 54.1 Å². The van der Waals surface area contributed by atoms with Gasteiger partial charge in [0.15, 0.2) is 0 Å². The summed E-state index contributed by atoms with van der Waals surface area (Å²) in [5, 5.41) is 0. The minimum atomic E-state index is -0.822. The number of carbonyl (C=O) groups is 2. The van der Waals surface area contributed by atoms with Crippen molar-refractivity contribution in [1.82, 2.24) is 0 Å². The number of ketones is 1. The molecule has 0 aliphatic rings. The Morgan fingerprint density at radius 2 is 1.88 bits per heavy atom. The summed E-state index contributed by atoms with van der Waals surface area (Å²) in [4.78, 5) is 22.1. The lowest BCUT2D eigenvalue weighted by Gasteiger charge is -1.94. The average Bonchev–Trinajstić information content (AvgIpc) is 2.36. The molecule has 0 spiro atoms. The van der Waals surface area contributed by atoms with Crippen LogP contribution in [0.15, 0.2) is 48.6 Å². The number of carbonyl (C=O) groups excluding carboxylic acids is 2. The molecule has 0 amide bonds. The summed E-state index contributed by atoms with van der Waals surface area (Å²) in [5.74, 6) is -1.47. The molecule has 0 aliphatic carbocycles. The van der Waals surface area contributed by atoms with Crippen molar-refractivity contribution in [2.75, 3.05) is 6.61 Å². The van der Waals surface area contributed by atoms with Crippen molar-refractivity contribution >= 4 is 17.8 Å². The molecule has 0 radical (unpaired) electrons. The molecule has 17 heavy (non-hydrogen) atoms. The first-order valence-electron chi connectivity index (χ1n) is 5.35. The minimum absolute atomic E-state index is 0.207. The van der Waals surface area contributed by atoms with Crippen LogP contribution >= 0.6 is 0 Å². The maximum absolute atomic E-state index is 11.1. The van der Waals surface area contributed by atoms with Crippen LogP contribution in [-0.4, -0.2) is 18.4 Å². The summed E-state index contributed by atoms with van der Waals surface area (Å²) in [6, 6.07) is 9.66. The van der Waals surface area contributed by atoms with Crippen LogP contribution in [0.2, 0.25) is 0 Å². The Labute approximate surface area is 100 Å². The Kier molecular flexibility index (Phi) is 5.44. The van der Waals surface area contributed by atoms with Crippen LogP contribution in [0.5, 0.6) is 0 Å². The third kappa shape index (κ3) is 4.93. The van der Waals surface area contributed by atoms with Gasteiger partial charge in [-0.3, -0.25) is 4.79 Å². The lowest BCUT2D eigenvalue weighted by Crippen LogP contribution is -2.14. The molecule has 0 unspecified atom stereocenters. The first-order valence-corrected chi connectivity index (χ1v) is 5.35. The van der Waals surface area contributed by atoms with Crippen LogP contribution in [0.4, 0.5) is 0 Å². The molecule has 1 aromatic rings. The largest absolute Gasteiger partial charge is 0.460 e. The van der Waals surface area contributed by atoms with Gasteiger partial charge in [-0.05, 0) is 18.6 Å². The summed E-state index contributed by atoms with van der Waals surface area (Å²) >= 11 is 0. The van der Waals surface area contributed by atoms with E-state index in [1.54, 1.807) is 13.0 Å². The van der Waals surface area contributed by atoms with Gasteiger partial charge in [-0.2, -0.15) is 0 Å². The number of hydrogen-bond acceptors (Lipinski definition) is 3. The van der Waals surface area contributed by atoms with Crippen molar-refractivity contribution in [3.8, 4) is 0 Å². The zero-order valence-electron chi connectivity index (χ0n) is 9.63. The van der Waals surface area contributed by atoms with Crippen LogP contribution in [-0.2, 0) is 14.3 Å². The van der Waals surface area contributed by atoms with Crippen LogP contribution < -0.4 is 0 Å². The monoisotopic (exact) mass is 230 g/mol. The van der Waals surface area contributed by atoms with Gasteiger partial charge in [0, 0.05) is 0 Å².